The van der Waals surface area contributed by atoms with Crippen LogP contribution in [0.5, 0.6) is 34.5 Å². The number of ether oxygens (including phenoxy) is 3. The first kappa shape index (κ1) is 55.8. The average molecular weight is 1270 g/mol. The van der Waals surface area contributed by atoms with Crippen LogP contribution in [0.2, 0.25) is 0 Å². The van der Waals surface area contributed by atoms with Crippen molar-refractivity contribution < 1.29 is 39.8 Å². The predicted molar refractivity (Wildman–Crippen MR) is 337 cm³/mol. The molecule has 2 aliphatic heterocycles. The second-order valence-electron chi connectivity index (χ2n) is 27.9. The molecule has 9 heteroatoms. The number of fused-ring (bicyclic) bond motifs is 8. The third-order valence-corrected chi connectivity index (χ3v) is 16.7. The van der Waals surface area contributed by atoms with Gasteiger partial charge in [0.15, 0.2) is 0 Å². The van der Waals surface area contributed by atoms with Crippen molar-refractivity contribution in [2.45, 2.75) is 131 Å². The standard InChI is InChI=1S/C74H71BN4O3.Pt/c1-70(2,3)47-24-29-64-58(39-47)75-59-40-48(71(4,5)6)25-30-65(59)82-67-35-46(34-66(81-64)69(67)75)45-23-28-60-57(33-45)56-27-26-55(43-63(56)79(60)68-41-49(31-32-76-68)72(7,8)9)80-54-20-18-19-52(42-54)77-44-78(62-22-17-16-21-61(62)77)53-37-50(73(10,11)12)36-51(38-53)74(13,14)15;/h16-41H,1-15H3;/q-2;. The Bertz CT molecular complexity index is 4300. The minimum absolute atomic E-state index is 0. The van der Waals surface area contributed by atoms with Crippen LogP contribution in [0.25, 0.3) is 61.2 Å². The zero-order valence-electron chi connectivity index (χ0n) is 50.4. The first-order chi connectivity index (χ1) is 38.7. The van der Waals surface area contributed by atoms with Crippen molar-refractivity contribution in [3.63, 3.8) is 0 Å². The SMILES string of the molecule is CC(C)(C)c1cc(-[n+]2[c-]n(-c3[c-]c(Oc4[c-]c5c(cc4)c4cc(-c6cc7c8c(c6)Oc6ccc(C(C)(C)C)cc6B8c6cc(C(C)(C)C)ccc6O7)ccc4n5-c4cc(C(C)(C)C)ccn4)ccc3)c3ccccc32)cc(C(C)(C)C)c1.[Pt]. The molecule has 0 spiro atoms. The van der Waals surface area contributed by atoms with E-state index in [9.17, 15) is 0 Å². The molecule has 5 heterocycles. The first-order valence-electron chi connectivity index (χ1n) is 28.9. The second-order valence-corrected chi connectivity index (χ2v) is 27.9. The maximum Gasteiger partial charge on any atom is 0.268 e. The third kappa shape index (κ3) is 9.99. The van der Waals surface area contributed by atoms with Crippen LogP contribution in [0.3, 0.4) is 0 Å². The van der Waals surface area contributed by atoms with E-state index in [0.717, 1.165) is 89.6 Å². The third-order valence-electron chi connectivity index (χ3n) is 16.7. The number of pyridine rings is 1. The summed E-state index contributed by atoms with van der Waals surface area (Å²) >= 11 is 0. The van der Waals surface area contributed by atoms with Crippen LogP contribution in [-0.2, 0) is 48.1 Å². The largest absolute Gasteiger partial charge is 0.510 e. The van der Waals surface area contributed by atoms with Crippen LogP contribution in [0.1, 0.15) is 132 Å². The Labute approximate surface area is 504 Å². The fourth-order valence-corrected chi connectivity index (χ4v) is 11.8. The van der Waals surface area contributed by atoms with Gasteiger partial charge < -0.3 is 23.3 Å². The summed E-state index contributed by atoms with van der Waals surface area (Å²) in [6, 6.07) is 61.8. The molecule has 0 fully saturated rings. The molecule has 3 aromatic heterocycles. The number of hydrogen-bond donors (Lipinski definition) is 0. The number of rotatable bonds is 6. The molecular weight excluding hydrogens is 1200 g/mol. The molecule has 0 unspecified atom stereocenters. The molecule has 0 atom stereocenters. The Kier molecular flexibility index (Phi) is 13.3. The summed E-state index contributed by atoms with van der Waals surface area (Å²) in [5.41, 5.74) is 17.3. The summed E-state index contributed by atoms with van der Waals surface area (Å²) in [6.45, 7) is 33.9. The van der Waals surface area contributed by atoms with Crippen LogP contribution >= 0.6 is 0 Å². The average Bonchev–Trinajstić information content (AvgIpc) is 1.47. The Morgan fingerprint density at radius 3 is 1.69 bits per heavy atom. The molecule has 0 saturated carbocycles. The molecule has 0 amide bonds. The van der Waals surface area contributed by atoms with Crippen molar-refractivity contribution in [1.29, 1.82) is 0 Å². The number of aromatic nitrogens is 4. The first-order valence-corrected chi connectivity index (χ1v) is 28.9. The minimum atomic E-state index is -0.100. The summed E-state index contributed by atoms with van der Waals surface area (Å²) in [6.07, 6.45) is 5.64. The maximum atomic E-state index is 6.97. The van der Waals surface area contributed by atoms with Crippen LogP contribution < -0.4 is 35.2 Å². The van der Waals surface area contributed by atoms with Crippen molar-refractivity contribution in [2.24, 2.45) is 0 Å². The zero-order chi connectivity index (χ0) is 57.6. The maximum absolute atomic E-state index is 6.97. The Balaban J connectivity index is 0.00000680. The van der Waals surface area contributed by atoms with E-state index >= 15 is 0 Å². The van der Waals surface area contributed by atoms with Gasteiger partial charge in [-0.2, -0.15) is 18.2 Å². The number of nitrogens with zero attached hydrogens (tertiary/aromatic N) is 4. The molecule has 0 bridgehead atoms. The normalized spacial score (nSPS) is 13.3. The van der Waals surface area contributed by atoms with E-state index in [1.165, 1.54) is 38.7 Å². The van der Waals surface area contributed by atoms with Crippen molar-refractivity contribution in [2.75, 3.05) is 0 Å². The Morgan fingerprint density at radius 2 is 1.07 bits per heavy atom. The van der Waals surface area contributed by atoms with E-state index in [-0.39, 0.29) is 54.9 Å². The molecule has 7 nitrogen and oxygen atoms in total. The summed E-state index contributed by atoms with van der Waals surface area (Å²) in [7, 11) is 0. The monoisotopic (exact) mass is 1270 g/mol. The van der Waals surface area contributed by atoms with E-state index in [1.807, 2.05) is 24.4 Å². The van der Waals surface area contributed by atoms with Gasteiger partial charge in [0.25, 0.3) is 13.0 Å². The van der Waals surface area contributed by atoms with Crippen LogP contribution in [0, 0.1) is 18.5 Å². The van der Waals surface area contributed by atoms with Gasteiger partial charge in [-0.3, -0.25) is 4.57 Å². The Hall–Kier alpha value is -7.67. The molecule has 13 rings (SSSR count). The number of benzene rings is 8. The molecule has 0 N–H and O–H groups in total. The fraction of sp³-hybridized carbons (Fsp3) is 0.270. The zero-order valence-corrected chi connectivity index (χ0v) is 52.7. The van der Waals surface area contributed by atoms with Crippen LogP contribution in [-0.4, -0.2) is 20.8 Å². The minimum Gasteiger partial charge on any atom is -0.510 e. The number of hydrogen-bond acceptors (Lipinski definition) is 4. The second kappa shape index (κ2) is 19.7. The molecule has 8 aromatic carbocycles. The van der Waals surface area contributed by atoms with E-state index < -0.39 is 0 Å². The van der Waals surface area contributed by atoms with Gasteiger partial charge in [-0.1, -0.05) is 176 Å². The van der Waals surface area contributed by atoms with Crippen molar-refractivity contribution in [3.8, 4) is 62.8 Å². The molecular formula is C74H71BN4O3Pt-2. The smallest absolute Gasteiger partial charge is 0.268 e. The van der Waals surface area contributed by atoms with Gasteiger partial charge in [0.05, 0.1) is 16.7 Å². The summed E-state index contributed by atoms with van der Waals surface area (Å²) < 4.78 is 27.2. The summed E-state index contributed by atoms with van der Waals surface area (Å²) in [4.78, 5) is 5.03. The van der Waals surface area contributed by atoms with E-state index in [4.69, 9.17) is 19.2 Å². The number of para-hydroxylation sites is 2. The fourth-order valence-electron chi connectivity index (χ4n) is 11.8. The van der Waals surface area contributed by atoms with Crippen molar-refractivity contribution in [3.05, 3.63) is 204 Å². The number of imidazole rings is 1. The van der Waals surface area contributed by atoms with Crippen LogP contribution in [0.15, 0.2) is 158 Å². The quantitative estimate of drug-likeness (QED) is 0.0946. The van der Waals surface area contributed by atoms with Gasteiger partial charge in [0.1, 0.15) is 28.8 Å². The van der Waals surface area contributed by atoms with Gasteiger partial charge in [-0.05, 0) is 143 Å². The van der Waals surface area contributed by atoms with E-state index in [1.54, 1.807) is 0 Å². The topological polar surface area (TPSA) is 54.3 Å². The molecule has 83 heavy (non-hydrogen) atoms. The molecule has 0 radical (unpaired) electrons. The van der Waals surface area contributed by atoms with Crippen molar-refractivity contribution >= 4 is 55.9 Å². The molecule has 0 saturated heterocycles. The van der Waals surface area contributed by atoms with Gasteiger partial charge >= 0.3 is 0 Å². The molecule has 2 aliphatic rings. The van der Waals surface area contributed by atoms with Gasteiger partial charge in [0, 0.05) is 49.7 Å². The molecule has 11 aromatic rings. The predicted octanol–water partition coefficient (Wildman–Crippen LogP) is 16.5. The van der Waals surface area contributed by atoms with E-state index in [2.05, 4.69) is 269 Å². The molecule has 420 valence electrons. The van der Waals surface area contributed by atoms with E-state index in [0.29, 0.717) is 11.5 Å². The van der Waals surface area contributed by atoms with Crippen LogP contribution in [0.4, 0.5) is 0 Å². The van der Waals surface area contributed by atoms with Gasteiger partial charge in [0.2, 0.25) is 0 Å². The van der Waals surface area contributed by atoms with Gasteiger partial charge in [-0.25, -0.2) is 4.98 Å². The van der Waals surface area contributed by atoms with Gasteiger partial charge in [-0.15, -0.1) is 29.7 Å². The molecule has 0 aliphatic carbocycles. The summed E-state index contributed by atoms with van der Waals surface area (Å²) in [5, 5.41) is 2.08. The van der Waals surface area contributed by atoms with Crippen molar-refractivity contribution in [1.82, 2.24) is 14.1 Å². The summed E-state index contributed by atoms with van der Waals surface area (Å²) in [5.74, 6) is 5.30. The Morgan fingerprint density at radius 1 is 0.482 bits per heavy atom.